The lowest BCUT2D eigenvalue weighted by molar-refractivity contribution is 0.306. The van der Waals surface area contributed by atoms with Crippen LogP contribution in [0.1, 0.15) is 19.3 Å². The molecule has 3 nitrogen and oxygen atoms in total. The van der Waals surface area contributed by atoms with Crippen LogP contribution in [-0.2, 0) is 9.05 Å². The van der Waals surface area contributed by atoms with Crippen LogP contribution in [0, 0.1) is 0 Å². The molecule has 96 valence electrons. The zero-order chi connectivity index (χ0) is 12.7. The summed E-state index contributed by atoms with van der Waals surface area (Å²) in [5.41, 5.74) is 0. The lowest BCUT2D eigenvalue weighted by Crippen LogP contribution is -2.00. The number of rotatable bonds is 7. The van der Waals surface area contributed by atoms with Crippen molar-refractivity contribution in [1.29, 1.82) is 0 Å². The van der Waals surface area contributed by atoms with E-state index in [1.807, 2.05) is 0 Å². The molecule has 17 heavy (non-hydrogen) atoms. The summed E-state index contributed by atoms with van der Waals surface area (Å²) in [5, 5.41) is 0.671. The lowest BCUT2D eigenvalue weighted by atomic mass is 10.3. The van der Waals surface area contributed by atoms with Crippen LogP contribution < -0.4 is 4.74 Å². The van der Waals surface area contributed by atoms with E-state index in [2.05, 4.69) is 0 Å². The van der Waals surface area contributed by atoms with Crippen LogP contribution in [0.25, 0.3) is 0 Å². The fraction of sp³-hybridized carbons (Fsp3) is 0.455. The molecule has 0 aliphatic heterocycles. The number of ether oxygens (including phenoxy) is 1. The zero-order valence-corrected chi connectivity index (χ0v) is 11.6. The van der Waals surface area contributed by atoms with Crippen molar-refractivity contribution in [3.63, 3.8) is 0 Å². The maximum absolute atomic E-state index is 10.6. The summed E-state index contributed by atoms with van der Waals surface area (Å²) in [4.78, 5) is 0. The second-order valence-corrected chi connectivity index (χ2v) is 6.94. The lowest BCUT2D eigenvalue weighted by Gasteiger charge is -2.05. The Bertz CT molecular complexity index is 429. The molecule has 0 aliphatic carbocycles. The fourth-order valence-corrected chi connectivity index (χ4v) is 2.28. The van der Waals surface area contributed by atoms with Gasteiger partial charge in [-0.05, 0) is 43.5 Å². The van der Waals surface area contributed by atoms with Crippen LogP contribution in [0.5, 0.6) is 5.75 Å². The molecular formula is C11H14Cl2O3S. The number of hydrogen-bond acceptors (Lipinski definition) is 3. The maximum atomic E-state index is 10.6. The molecule has 6 heteroatoms. The minimum atomic E-state index is -3.35. The number of halogens is 2. The molecule has 0 unspecified atom stereocenters. The molecule has 0 saturated heterocycles. The fourth-order valence-electron chi connectivity index (χ4n) is 1.27. The van der Waals surface area contributed by atoms with Crippen molar-refractivity contribution in [3.8, 4) is 5.75 Å². The molecule has 0 radical (unpaired) electrons. The van der Waals surface area contributed by atoms with Gasteiger partial charge in [-0.3, -0.25) is 0 Å². The molecule has 0 atom stereocenters. The molecule has 0 heterocycles. The van der Waals surface area contributed by atoms with Crippen LogP contribution in [0.3, 0.4) is 0 Å². The Morgan fingerprint density at radius 2 is 1.71 bits per heavy atom. The van der Waals surface area contributed by atoms with E-state index >= 15 is 0 Å². The topological polar surface area (TPSA) is 43.4 Å². The minimum Gasteiger partial charge on any atom is -0.494 e. The monoisotopic (exact) mass is 296 g/mol. The molecule has 0 amide bonds. The van der Waals surface area contributed by atoms with Crippen molar-refractivity contribution < 1.29 is 13.2 Å². The number of unbranched alkanes of at least 4 members (excludes halogenated alkanes) is 2. The van der Waals surface area contributed by atoms with Gasteiger partial charge in [0, 0.05) is 15.7 Å². The Balaban J connectivity index is 2.10. The summed E-state index contributed by atoms with van der Waals surface area (Å²) in [6, 6.07) is 7.12. The summed E-state index contributed by atoms with van der Waals surface area (Å²) in [6.07, 6.45) is 2.14. The van der Waals surface area contributed by atoms with Gasteiger partial charge in [-0.1, -0.05) is 11.6 Å². The third-order valence-corrected chi connectivity index (χ3v) is 3.61. The van der Waals surface area contributed by atoms with E-state index in [0.717, 1.165) is 18.6 Å². The molecular weight excluding hydrogens is 283 g/mol. The van der Waals surface area contributed by atoms with Gasteiger partial charge >= 0.3 is 0 Å². The highest BCUT2D eigenvalue weighted by Gasteiger charge is 2.03. The highest BCUT2D eigenvalue weighted by molar-refractivity contribution is 8.13. The third-order valence-electron chi connectivity index (χ3n) is 2.11. The molecule has 0 saturated carbocycles. The molecule has 1 aromatic carbocycles. The Labute approximate surface area is 111 Å². The normalized spacial score (nSPS) is 11.4. The van der Waals surface area contributed by atoms with Crippen molar-refractivity contribution in [2.75, 3.05) is 12.4 Å². The smallest absolute Gasteiger partial charge is 0.232 e. The molecule has 0 fully saturated rings. The van der Waals surface area contributed by atoms with Crippen LogP contribution in [0.4, 0.5) is 0 Å². The van der Waals surface area contributed by atoms with E-state index in [0.29, 0.717) is 18.1 Å². The molecule has 0 aromatic heterocycles. The van der Waals surface area contributed by atoms with Crippen LogP contribution >= 0.6 is 22.3 Å². The van der Waals surface area contributed by atoms with Gasteiger partial charge < -0.3 is 4.74 Å². The summed E-state index contributed by atoms with van der Waals surface area (Å²) in [5.74, 6) is 0.787. The summed E-state index contributed by atoms with van der Waals surface area (Å²) < 4.78 is 26.7. The highest BCUT2D eigenvalue weighted by Crippen LogP contribution is 2.15. The van der Waals surface area contributed by atoms with E-state index in [-0.39, 0.29) is 5.75 Å². The first-order valence-electron chi connectivity index (χ1n) is 5.28. The predicted octanol–water partition coefficient (Wildman–Crippen LogP) is 3.46. The van der Waals surface area contributed by atoms with Crippen LogP contribution in [0.15, 0.2) is 24.3 Å². The van der Waals surface area contributed by atoms with E-state index in [4.69, 9.17) is 27.0 Å². The van der Waals surface area contributed by atoms with Crippen molar-refractivity contribution in [2.45, 2.75) is 19.3 Å². The Kier molecular flexibility index (Phi) is 6.09. The minimum absolute atomic E-state index is 0.0233. The van der Waals surface area contributed by atoms with Crippen molar-refractivity contribution in [2.24, 2.45) is 0 Å². The largest absolute Gasteiger partial charge is 0.494 e. The average Bonchev–Trinajstić information content (AvgIpc) is 2.24. The summed E-state index contributed by atoms with van der Waals surface area (Å²) >= 11 is 5.73. The first-order chi connectivity index (χ1) is 7.97. The summed E-state index contributed by atoms with van der Waals surface area (Å²) in [7, 11) is 1.73. The average molecular weight is 297 g/mol. The Morgan fingerprint density at radius 1 is 1.06 bits per heavy atom. The highest BCUT2D eigenvalue weighted by atomic mass is 35.7. The molecule has 1 rings (SSSR count). The van der Waals surface area contributed by atoms with Crippen LogP contribution in [-0.4, -0.2) is 20.8 Å². The predicted molar refractivity (Wildman–Crippen MR) is 70.4 cm³/mol. The van der Waals surface area contributed by atoms with Crippen molar-refractivity contribution in [1.82, 2.24) is 0 Å². The molecule has 0 bridgehead atoms. The zero-order valence-electron chi connectivity index (χ0n) is 9.23. The quantitative estimate of drug-likeness (QED) is 0.572. The molecule has 1 aromatic rings. The standard InChI is InChI=1S/C11H14Cl2O3S/c12-10-4-6-11(7-5-10)16-8-2-1-3-9-17(13,14)15/h4-7H,1-3,8-9H2. The third kappa shape index (κ3) is 7.47. The second kappa shape index (κ2) is 7.09. The van der Waals surface area contributed by atoms with E-state index in [1.54, 1.807) is 24.3 Å². The van der Waals surface area contributed by atoms with Gasteiger partial charge in [0.05, 0.1) is 12.4 Å². The van der Waals surface area contributed by atoms with E-state index < -0.39 is 9.05 Å². The summed E-state index contributed by atoms with van der Waals surface area (Å²) in [6.45, 7) is 0.559. The van der Waals surface area contributed by atoms with Gasteiger partial charge in [0.15, 0.2) is 0 Å². The van der Waals surface area contributed by atoms with Crippen molar-refractivity contribution in [3.05, 3.63) is 29.3 Å². The Morgan fingerprint density at radius 3 is 2.29 bits per heavy atom. The second-order valence-electron chi connectivity index (χ2n) is 3.61. The van der Waals surface area contributed by atoms with Gasteiger partial charge in [-0.15, -0.1) is 0 Å². The number of hydrogen-bond donors (Lipinski definition) is 0. The van der Waals surface area contributed by atoms with E-state index in [9.17, 15) is 8.42 Å². The van der Waals surface area contributed by atoms with Crippen molar-refractivity contribution >= 4 is 31.3 Å². The van der Waals surface area contributed by atoms with Crippen LogP contribution in [0.2, 0.25) is 5.02 Å². The SMILES string of the molecule is O=S(=O)(Cl)CCCCCOc1ccc(Cl)cc1. The first kappa shape index (κ1) is 14.6. The Hall–Kier alpha value is -0.450. The van der Waals surface area contributed by atoms with Gasteiger partial charge in [0.1, 0.15) is 5.75 Å². The van der Waals surface area contributed by atoms with Gasteiger partial charge in [-0.2, -0.15) is 0 Å². The molecule has 0 aliphatic rings. The van der Waals surface area contributed by atoms with Gasteiger partial charge in [0.2, 0.25) is 9.05 Å². The maximum Gasteiger partial charge on any atom is 0.232 e. The first-order valence-corrected chi connectivity index (χ1v) is 8.14. The number of benzene rings is 1. The molecule has 0 spiro atoms. The molecule has 0 N–H and O–H groups in total. The van der Waals surface area contributed by atoms with Gasteiger partial charge in [0.25, 0.3) is 0 Å². The van der Waals surface area contributed by atoms with Gasteiger partial charge in [-0.25, -0.2) is 8.42 Å². The van der Waals surface area contributed by atoms with E-state index in [1.165, 1.54) is 0 Å².